The summed E-state index contributed by atoms with van der Waals surface area (Å²) in [5.74, 6) is 0.509. The number of unbranched alkanes of at least 4 members (excludes halogenated alkanes) is 1. The van der Waals surface area contributed by atoms with Crippen LogP contribution in [-0.4, -0.2) is 17.3 Å². The van der Waals surface area contributed by atoms with Crippen LogP contribution in [0.3, 0.4) is 0 Å². The van der Waals surface area contributed by atoms with Gasteiger partial charge in [-0.15, -0.1) is 0 Å². The molecule has 0 amide bonds. The second kappa shape index (κ2) is 7.96. The molecule has 24 heavy (non-hydrogen) atoms. The van der Waals surface area contributed by atoms with Gasteiger partial charge in [-0.25, -0.2) is 0 Å². The Morgan fingerprint density at radius 2 is 1.54 bits per heavy atom. The van der Waals surface area contributed by atoms with Gasteiger partial charge in [-0.1, -0.05) is 54.6 Å². The van der Waals surface area contributed by atoms with Crippen LogP contribution < -0.4 is 5.73 Å². The van der Waals surface area contributed by atoms with Crippen LogP contribution in [0.15, 0.2) is 54.6 Å². The number of aliphatic hydroxyl groups excluding tert-OH is 1. The highest BCUT2D eigenvalue weighted by Crippen LogP contribution is 2.39. The molecule has 0 saturated heterocycles. The molecule has 0 heterocycles. The van der Waals surface area contributed by atoms with Gasteiger partial charge in [0.05, 0.1) is 6.61 Å². The molecular formula is C22H29NO. The lowest BCUT2D eigenvalue weighted by Crippen LogP contribution is -2.40. The van der Waals surface area contributed by atoms with E-state index in [1.165, 1.54) is 36.0 Å². The van der Waals surface area contributed by atoms with Crippen LogP contribution in [-0.2, 0) is 12.8 Å². The Kier molecular flexibility index (Phi) is 5.70. The summed E-state index contributed by atoms with van der Waals surface area (Å²) in [4.78, 5) is 0. The molecule has 2 aromatic carbocycles. The molecular weight excluding hydrogens is 294 g/mol. The molecule has 3 N–H and O–H groups in total. The van der Waals surface area contributed by atoms with Crippen molar-refractivity contribution in [3.05, 3.63) is 71.3 Å². The summed E-state index contributed by atoms with van der Waals surface area (Å²) >= 11 is 0. The maximum atomic E-state index is 9.41. The zero-order chi connectivity index (χ0) is 16.8. The average molecular weight is 323 g/mol. The summed E-state index contributed by atoms with van der Waals surface area (Å²) in [7, 11) is 0. The van der Waals surface area contributed by atoms with E-state index >= 15 is 0 Å². The van der Waals surface area contributed by atoms with E-state index in [4.69, 9.17) is 5.73 Å². The normalized spacial score (nSPS) is 23.5. The number of hydrogen-bond donors (Lipinski definition) is 2. The van der Waals surface area contributed by atoms with Gasteiger partial charge in [-0.05, 0) is 67.6 Å². The number of rotatable bonds is 7. The van der Waals surface area contributed by atoms with Gasteiger partial charge in [-0.2, -0.15) is 0 Å². The highest BCUT2D eigenvalue weighted by molar-refractivity contribution is 5.27. The van der Waals surface area contributed by atoms with Gasteiger partial charge in [-0.3, -0.25) is 0 Å². The Balaban J connectivity index is 1.45. The maximum Gasteiger partial charge on any atom is 0.0611 e. The van der Waals surface area contributed by atoms with E-state index in [9.17, 15) is 5.11 Å². The minimum atomic E-state index is -0.360. The van der Waals surface area contributed by atoms with E-state index in [0.717, 1.165) is 25.7 Å². The number of benzene rings is 2. The zero-order valence-corrected chi connectivity index (χ0v) is 14.5. The minimum Gasteiger partial charge on any atom is -0.394 e. The molecule has 3 rings (SSSR count). The van der Waals surface area contributed by atoms with Gasteiger partial charge in [0.2, 0.25) is 0 Å². The minimum absolute atomic E-state index is 0.100. The van der Waals surface area contributed by atoms with Gasteiger partial charge < -0.3 is 10.8 Å². The fourth-order valence-electron chi connectivity index (χ4n) is 3.84. The third-order valence-corrected chi connectivity index (χ3v) is 5.43. The van der Waals surface area contributed by atoms with E-state index in [1.54, 1.807) is 0 Å². The summed E-state index contributed by atoms with van der Waals surface area (Å²) in [5.41, 5.74) is 10.1. The molecule has 0 bridgehead atoms. The summed E-state index contributed by atoms with van der Waals surface area (Å²) < 4.78 is 0. The lowest BCUT2D eigenvalue weighted by atomic mass is 9.92. The summed E-state index contributed by atoms with van der Waals surface area (Å²) in [6, 6.07) is 19.8. The van der Waals surface area contributed by atoms with Gasteiger partial charge in [0.15, 0.2) is 0 Å². The molecule has 0 aliphatic heterocycles. The topological polar surface area (TPSA) is 46.2 Å². The second-order valence-corrected chi connectivity index (χ2v) is 7.39. The van der Waals surface area contributed by atoms with Crippen molar-refractivity contribution in [3.8, 4) is 0 Å². The monoisotopic (exact) mass is 323 g/mol. The zero-order valence-electron chi connectivity index (χ0n) is 14.5. The van der Waals surface area contributed by atoms with E-state index in [2.05, 4.69) is 54.6 Å². The number of aryl methyl sites for hydroxylation is 2. The summed E-state index contributed by atoms with van der Waals surface area (Å²) in [6.07, 6.45) is 7.70. The van der Waals surface area contributed by atoms with Gasteiger partial charge in [0.1, 0.15) is 0 Å². The first-order valence-electron chi connectivity index (χ1n) is 9.21. The molecule has 1 aliphatic carbocycles. The Morgan fingerprint density at radius 3 is 2.12 bits per heavy atom. The predicted octanol–water partition coefficient (Wildman–Crippen LogP) is 4.21. The van der Waals surface area contributed by atoms with Crippen molar-refractivity contribution in [2.24, 2.45) is 5.73 Å². The molecule has 0 aromatic heterocycles. The van der Waals surface area contributed by atoms with Crippen LogP contribution >= 0.6 is 0 Å². The molecule has 2 heteroatoms. The predicted molar refractivity (Wildman–Crippen MR) is 100 cm³/mol. The molecule has 2 nitrogen and oxygen atoms in total. The van der Waals surface area contributed by atoms with E-state index in [0.29, 0.717) is 5.92 Å². The highest BCUT2D eigenvalue weighted by Gasteiger charge is 2.35. The molecule has 1 saturated carbocycles. The Labute approximate surface area is 145 Å². The van der Waals surface area contributed by atoms with E-state index in [1.807, 2.05) is 0 Å². The van der Waals surface area contributed by atoms with Crippen LogP contribution in [0.25, 0.3) is 0 Å². The van der Waals surface area contributed by atoms with Crippen molar-refractivity contribution in [3.63, 3.8) is 0 Å². The number of aliphatic hydroxyl groups is 1. The molecule has 1 aliphatic rings. The smallest absolute Gasteiger partial charge is 0.0611 e. The van der Waals surface area contributed by atoms with E-state index in [-0.39, 0.29) is 12.1 Å². The van der Waals surface area contributed by atoms with Crippen molar-refractivity contribution in [2.45, 2.75) is 56.4 Å². The quantitative estimate of drug-likeness (QED) is 0.750. The standard InChI is InChI=1S/C22H29NO/c23-22(17-24)15-14-21(16-22)20-12-10-19(11-13-20)9-5-4-8-18-6-2-1-3-7-18/h1-3,6-7,10-13,21,24H,4-5,8-9,14-17,23H2/t21-,22+/m0/s1. The molecule has 1 fully saturated rings. The Morgan fingerprint density at radius 1 is 0.917 bits per heavy atom. The van der Waals surface area contributed by atoms with Gasteiger partial charge in [0.25, 0.3) is 0 Å². The van der Waals surface area contributed by atoms with Crippen molar-refractivity contribution in [1.82, 2.24) is 0 Å². The SMILES string of the molecule is N[C@]1(CO)CC[C@H](c2ccc(CCCCc3ccccc3)cc2)C1. The van der Waals surface area contributed by atoms with Crippen LogP contribution in [0.1, 0.15) is 54.7 Å². The van der Waals surface area contributed by atoms with Gasteiger partial charge >= 0.3 is 0 Å². The van der Waals surface area contributed by atoms with Crippen LogP contribution in [0.4, 0.5) is 0 Å². The molecule has 0 radical (unpaired) electrons. The lowest BCUT2D eigenvalue weighted by Gasteiger charge is -2.21. The molecule has 0 unspecified atom stereocenters. The fourth-order valence-corrected chi connectivity index (χ4v) is 3.84. The Bertz CT molecular complexity index is 622. The maximum absolute atomic E-state index is 9.41. The first kappa shape index (κ1) is 17.2. The number of nitrogens with two attached hydrogens (primary N) is 1. The first-order chi connectivity index (χ1) is 11.7. The molecule has 2 aromatic rings. The van der Waals surface area contributed by atoms with Crippen LogP contribution in [0.5, 0.6) is 0 Å². The van der Waals surface area contributed by atoms with Crippen molar-refractivity contribution in [1.29, 1.82) is 0 Å². The number of hydrogen-bond acceptors (Lipinski definition) is 2. The Hall–Kier alpha value is -1.64. The average Bonchev–Trinajstić information content (AvgIpc) is 3.03. The highest BCUT2D eigenvalue weighted by atomic mass is 16.3. The summed E-state index contributed by atoms with van der Waals surface area (Å²) in [5, 5.41) is 9.41. The van der Waals surface area contributed by atoms with E-state index < -0.39 is 0 Å². The molecule has 128 valence electrons. The molecule has 2 atom stereocenters. The molecule has 0 spiro atoms. The lowest BCUT2D eigenvalue weighted by molar-refractivity contribution is 0.198. The second-order valence-electron chi connectivity index (χ2n) is 7.39. The van der Waals surface area contributed by atoms with Crippen molar-refractivity contribution in [2.75, 3.05) is 6.61 Å². The van der Waals surface area contributed by atoms with Crippen LogP contribution in [0, 0.1) is 0 Å². The summed E-state index contributed by atoms with van der Waals surface area (Å²) in [6.45, 7) is 0.100. The fraction of sp³-hybridized carbons (Fsp3) is 0.455. The van der Waals surface area contributed by atoms with Crippen molar-refractivity contribution >= 4 is 0 Å². The third-order valence-electron chi connectivity index (χ3n) is 5.43. The van der Waals surface area contributed by atoms with Gasteiger partial charge in [0, 0.05) is 5.54 Å². The first-order valence-corrected chi connectivity index (χ1v) is 9.21. The third kappa shape index (κ3) is 4.46. The van der Waals surface area contributed by atoms with Crippen molar-refractivity contribution < 1.29 is 5.11 Å². The van der Waals surface area contributed by atoms with Crippen LogP contribution in [0.2, 0.25) is 0 Å². The largest absolute Gasteiger partial charge is 0.394 e.